The molecule has 0 bridgehead atoms. The molecular formula is C12H13NO4. The third-order valence-corrected chi connectivity index (χ3v) is 1.96. The first-order chi connectivity index (χ1) is 8.13. The molecule has 0 amide bonds. The molecular weight excluding hydrogens is 222 g/mol. The molecule has 0 radical (unpaired) electrons. The molecule has 0 aliphatic heterocycles. The number of ether oxygens (including phenoxy) is 1. The van der Waals surface area contributed by atoms with Gasteiger partial charge < -0.3 is 4.74 Å². The minimum absolute atomic E-state index is 0.0238. The summed E-state index contributed by atoms with van der Waals surface area (Å²) in [6.45, 7) is 2.30. The van der Waals surface area contributed by atoms with Crippen LogP contribution in [0.3, 0.4) is 0 Å². The molecule has 0 unspecified atom stereocenters. The molecule has 0 heterocycles. The first-order valence-electron chi connectivity index (χ1n) is 5.22. The van der Waals surface area contributed by atoms with Crippen LogP contribution < -0.4 is 0 Å². The molecule has 1 aromatic rings. The second-order valence-corrected chi connectivity index (χ2v) is 3.35. The van der Waals surface area contributed by atoms with Gasteiger partial charge >= 0.3 is 5.97 Å². The van der Waals surface area contributed by atoms with E-state index in [2.05, 4.69) is 0 Å². The normalized spacial score (nSPS) is 10.4. The molecule has 0 saturated heterocycles. The highest BCUT2D eigenvalue weighted by molar-refractivity contribution is 5.87. The van der Waals surface area contributed by atoms with E-state index < -0.39 is 10.9 Å². The molecule has 0 atom stereocenters. The molecule has 5 nitrogen and oxygen atoms in total. The molecule has 5 heteroatoms. The highest BCUT2D eigenvalue weighted by Gasteiger charge is 2.02. The second kappa shape index (κ2) is 6.42. The predicted octanol–water partition coefficient (Wildman–Crippen LogP) is 2.56. The molecule has 1 aromatic carbocycles. The van der Waals surface area contributed by atoms with E-state index >= 15 is 0 Å². The number of hydrogen-bond donors (Lipinski definition) is 0. The van der Waals surface area contributed by atoms with Gasteiger partial charge in [0.05, 0.1) is 11.5 Å². The highest BCUT2D eigenvalue weighted by atomic mass is 16.6. The number of esters is 1. The van der Waals surface area contributed by atoms with Gasteiger partial charge in [-0.15, -0.1) is 0 Å². The van der Waals surface area contributed by atoms with Crippen LogP contribution in [0.1, 0.15) is 18.9 Å². The van der Waals surface area contributed by atoms with Crippen molar-refractivity contribution < 1.29 is 14.5 Å². The Morgan fingerprint density at radius 3 is 2.59 bits per heavy atom. The Bertz CT molecular complexity index is 423. The molecule has 0 aliphatic rings. The largest absolute Gasteiger partial charge is 0.463 e. The predicted molar refractivity (Wildman–Crippen MR) is 63.4 cm³/mol. The minimum Gasteiger partial charge on any atom is -0.463 e. The first kappa shape index (κ1) is 12.9. The lowest BCUT2D eigenvalue weighted by molar-refractivity contribution is -0.384. The number of carbonyl (C=O) groups excluding carboxylic acids is 1. The topological polar surface area (TPSA) is 69.4 Å². The van der Waals surface area contributed by atoms with E-state index in [0.29, 0.717) is 12.2 Å². The molecule has 0 N–H and O–H groups in total. The van der Waals surface area contributed by atoms with E-state index in [1.807, 2.05) is 6.92 Å². The maximum atomic E-state index is 11.1. The Morgan fingerprint density at radius 1 is 1.41 bits per heavy atom. The number of non-ortho nitro benzene ring substituents is 1. The van der Waals surface area contributed by atoms with Gasteiger partial charge in [0.15, 0.2) is 0 Å². The fourth-order valence-electron chi connectivity index (χ4n) is 1.12. The van der Waals surface area contributed by atoms with Crippen molar-refractivity contribution in [1.29, 1.82) is 0 Å². The Balaban J connectivity index is 2.59. The van der Waals surface area contributed by atoms with Crippen molar-refractivity contribution in [3.05, 3.63) is 46.0 Å². The summed E-state index contributed by atoms with van der Waals surface area (Å²) in [6, 6.07) is 5.91. The smallest absolute Gasteiger partial charge is 0.330 e. The maximum absolute atomic E-state index is 11.1. The van der Waals surface area contributed by atoms with Gasteiger partial charge in [0.25, 0.3) is 5.69 Å². The van der Waals surface area contributed by atoms with Gasteiger partial charge in [-0.25, -0.2) is 4.79 Å². The van der Waals surface area contributed by atoms with Crippen LogP contribution in [0.2, 0.25) is 0 Å². The number of nitrogens with zero attached hydrogens (tertiary/aromatic N) is 1. The number of rotatable bonds is 5. The summed E-state index contributed by atoms with van der Waals surface area (Å²) >= 11 is 0. The molecule has 0 aromatic heterocycles. The van der Waals surface area contributed by atoms with E-state index in [4.69, 9.17) is 4.74 Å². The molecule has 0 fully saturated rings. The average molecular weight is 235 g/mol. The summed E-state index contributed by atoms with van der Waals surface area (Å²) in [5.74, 6) is -0.412. The fraction of sp³-hybridized carbons (Fsp3) is 0.250. The molecule has 0 saturated carbocycles. The van der Waals surface area contributed by atoms with Crippen LogP contribution in [0.4, 0.5) is 5.69 Å². The standard InChI is InChI=1S/C12H13NO4/c1-2-9-17-12(14)8-5-10-3-6-11(7-4-10)13(15)16/h3-8H,2,9H2,1H3. The van der Waals surface area contributed by atoms with E-state index in [-0.39, 0.29) is 5.69 Å². The Kier molecular flexibility index (Phi) is 4.87. The lowest BCUT2D eigenvalue weighted by Gasteiger charge is -1.97. The molecule has 1 rings (SSSR count). The van der Waals surface area contributed by atoms with Crippen molar-refractivity contribution in [2.24, 2.45) is 0 Å². The lowest BCUT2D eigenvalue weighted by Crippen LogP contribution is -2.00. The quantitative estimate of drug-likeness (QED) is 0.340. The van der Waals surface area contributed by atoms with Crippen LogP contribution in [0.5, 0.6) is 0 Å². The van der Waals surface area contributed by atoms with Crippen LogP contribution >= 0.6 is 0 Å². The Labute approximate surface area is 98.9 Å². The van der Waals surface area contributed by atoms with E-state index in [1.165, 1.54) is 18.2 Å². The lowest BCUT2D eigenvalue weighted by atomic mass is 10.2. The molecule has 90 valence electrons. The van der Waals surface area contributed by atoms with Crippen molar-refractivity contribution in [3.8, 4) is 0 Å². The third-order valence-electron chi connectivity index (χ3n) is 1.96. The van der Waals surface area contributed by atoms with Gasteiger partial charge in [-0.05, 0) is 30.2 Å². The summed E-state index contributed by atoms with van der Waals surface area (Å²) in [6.07, 6.45) is 3.63. The van der Waals surface area contributed by atoms with Gasteiger partial charge in [0, 0.05) is 18.2 Å². The van der Waals surface area contributed by atoms with Crippen LogP contribution in [0.25, 0.3) is 6.08 Å². The summed E-state index contributed by atoms with van der Waals surface area (Å²) in [5, 5.41) is 10.4. The summed E-state index contributed by atoms with van der Waals surface area (Å²) in [7, 11) is 0. The average Bonchev–Trinajstić information content (AvgIpc) is 2.34. The van der Waals surface area contributed by atoms with Crippen LogP contribution in [-0.4, -0.2) is 17.5 Å². The van der Waals surface area contributed by atoms with Crippen molar-refractivity contribution in [3.63, 3.8) is 0 Å². The number of carbonyl (C=O) groups is 1. The fourth-order valence-corrected chi connectivity index (χ4v) is 1.12. The Hall–Kier alpha value is -2.17. The number of nitro benzene ring substituents is 1. The first-order valence-corrected chi connectivity index (χ1v) is 5.22. The van der Waals surface area contributed by atoms with E-state index in [0.717, 1.165) is 6.42 Å². The van der Waals surface area contributed by atoms with Crippen LogP contribution in [0.15, 0.2) is 30.3 Å². The van der Waals surface area contributed by atoms with Crippen molar-refractivity contribution in [1.82, 2.24) is 0 Å². The van der Waals surface area contributed by atoms with Crippen molar-refractivity contribution in [2.75, 3.05) is 6.61 Å². The number of nitro groups is 1. The van der Waals surface area contributed by atoms with Gasteiger partial charge in [0.2, 0.25) is 0 Å². The van der Waals surface area contributed by atoms with Crippen molar-refractivity contribution >= 4 is 17.7 Å². The number of hydrogen-bond acceptors (Lipinski definition) is 4. The highest BCUT2D eigenvalue weighted by Crippen LogP contribution is 2.12. The second-order valence-electron chi connectivity index (χ2n) is 3.35. The summed E-state index contributed by atoms with van der Waals surface area (Å²) < 4.78 is 4.84. The third kappa shape index (κ3) is 4.46. The van der Waals surface area contributed by atoms with Gasteiger partial charge in [-0.2, -0.15) is 0 Å². The Morgan fingerprint density at radius 2 is 2.06 bits per heavy atom. The molecule has 0 spiro atoms. The SMILES string of the molecule is CCCOC(=O)C=Cc1ccc([N+](=O)[O-])cc1. The van der Waals surface area contributed by atoms with Crippen LogP contribution in [-0.2, 0) is 9.53 Å². The maximum Gasteiger partial charge on any atom is 0.330 e. The summed E-state index contributed by atoms with van der Waals surface area (Å²) in [4.78, 5) is 21.1. The zero-order valence-corrected chi connectivity index (χ0v) is 9.46. The molecule has 0 aliphatic carbocycles. The molecule has 17 heavy (non-hydrogen) atoms. The minimum atomic E-state index is -0.469. The summed E-state index contributed by atoms with van der Waals surface area (Å²) in [5.41, 5.74) is 0.736. The van der Waals surface area contributed by atoms with Crippen LogP contribution in [0, 0.1) is 10.1 Å². The zero-order chi connectivity index (χ0) is 12.7. The van der Waals surface area contributed by atoms with E-state index in [1.54, 1.807) is 18.2 Å². The van der Waals surface area contributed by atoms with Gasteiger partial charge in [-0.3, -0.25) is 10.1 Å². The van der Waals surface area contributed by atoms with Gasteiger partial charge in [0.1, 0.15) is 0 Å². The number of benzene rings is 1. The monoisotopic (exact) mass is 235 g/mol. The zero-order valence-electron chi connectivity index (χ0n) is 9.46. The van der Waals surface area contributed by atoms with E-state index in [9.17, 15) is 14.9 Å². The van der Waals surface area contributed by atoms with Gasteiger partial charge in [-0.1, -0.05) is 6.92 Å². The van der Waals surface area contributed by atoms with Crippen molar-refractivity contribution in [2.45, 2.75) is 13.3 Å².